The van der Waals surface area contributed by atoms with E-state index in [2.05, 4.69) is 0 Å². The average molecular weight is 264 g/mol. The van der Waals surface area contributed by atoms with Gasteiger partial charge in [-0.05, 0) is 120 Å². The second-order valence-electron chi connectivity index (χ2n) is 10.8. The molecule has 0 saturated heterocycles. The largest absolute Gasteiger partial charge is 0.0496 e. The van der Waals surface area contributed by atoms with Gasteiger partial charge in [0.2, 0.25) is 0 Å². The van der Waals surface area contributed by atoms with Crippen molar-refractivity contribution in [2.75, 3.05) is 0 Å². The minimum Gasteiger partial charge on any atom is -0.0496 e. The fourth-order valence-corrected chi connectivity index (χ4v) is 11.7. The zero-order chi connectivity index (χ0) is 12.1. The number of rotatable bonds is 0. The van der Waals surface area contributed by atoms with Gasteiger partial charge in [-0.15, -0.1) is 0 Å². The van der Waals surface area contributed by atoms with Crippen LogP contribution in [0.2, 0.25) is 0 Å². The third-order valence-electron chi connectivity index (χ3n) is 12.1. The molecular weight excluding hydrogens is 240 g/mol. The van der Waals surface area contributed by atoms with E-state index in [4.69, 9.17) is 0 Å². The molecule has 15 atom stereocenters. The summed E-state index contributed by atoms with van der Waals surface area (Å²) in [7, 11) is 0. The molecule has 0 heterocycles. The van der Waals surface area contributed by atoms with Crippen molar-refractivity contribution in [1.29, 1.82) is 0 Å². The quantitative estimate of drug-likeness (QED) is 0.586. The molecule has 9 aliphatic carbocycles. The standard InChI is InChI=1S/C20H24/c1-2-8-7(1)10-11(8)14-13(10)16-15-12-9-5-6-3-4-20(6,9)19(12)18(15)17(14)16/h6-19H,1-5H2. The van der Waals surface area contributed by atoms with E-state index in [0.29, 0.717) is 0 Å². The van der Waals surface area contributed by atoms with Crippen LogP contribution in [0.25, 0.3) is 0 Å². The van der Waals surface area contributed by atoms with Crippen LogP contribution < -0.4 is 0 Å². The lowest BCUT2D eigenvalue weighted by molar-refractivity contribution is -0.502. The first-order valence-electron chi connectivity index (χ1n) is 9.93. The lowest BCUT2D eigenvalue weighted by Gasteiger charge is -2.97. The zero-order valence-corrected chi connectivity index (χ0v) is 12.1. The summed E-state index contributed by atoms with van der Waals surface area (Å²) in [6.07, 6.45) is 8.27. The maximum atomic E-state index is 1.69. The highest BCUT2D eigenvalue weighted by atomic mass is 15.0. The molecule has 0 aromatic rings. The van der Waals surface area contributed by atoms with Gasteiger partial charge in [-0.3, -0.25) is 0 Å². The van der Waals surface area contributed by atoms with Crippen LogP contribution in [0.5, 0.6) is 0 Å². The Morgan fingerprint density at radius 3 is 1.85 bits per heavy atom. The van der Waals surface area contributed by atoms with Crippen molar-refractivity contribution in [3.05, 3.63) is 0 Å². The topological polar surface area (TPSA) is 0 Å². The maximum absolute atomic E-state index is 1.69. The molecule has 0 N–H and O–H groups in total. The Morgan fingerprint density at radius 1 is 0.600 bits per heavy atom. The fraction of sp³-hybridized carbons (Fsp3) is 1.00. The number of hydrogen-bond acceptors (Lipinski definition) is 0. The van der Waals surface area contributed by atoms with Crippen LogP contribution in [-0.2, 0) is 0 Å². The summed E-state index contributed by atoms with van der Waals surface area (Å²) in [5.41, 5.74) is 1.02. The van der Waals surface area contributed by atoms with Gasteiger partial charge < -0.3 is 0 Å². The van der Waals surface area contributed by atoms with Crippen molar-refractivity contribution in [2.24, 2.45) is 88.3 Å². The second-order valence-corrected chi connectivity index (χ2v) is 10.8. The fourth-order valence-electron chi connectivity index (χ4n) is 11.7. The van der Waals surface area contributed by atoms with Crippen molar-refractivity contribution in [1.82, 2.24) is 0 Å². The van der Waals surface area contributed by atoms with Gasteiger partial charge >= 0.3 is 0 Å². The van der Waals surface area contributed by atoms with Gasteiger partial charge in [0.25, 0.3) is 0 Å². The molecule has 9 fully saturated rings. The lowest BCUT2D eigenvalue weighted by atomic mass is 9.07. The Labute approximate surface area is 121 Å². The van der Waals surface area contributed by atoms with Crippen LogP contribution in [0, 0.1) is 88.3 Å². The van der Waals surface area contributed by atoms with Crippen molar-refractivity contribution in [3.8, 4) is 0 Å². The summed E-state index contributed by atoms with van der Waals surface area (Å²) in [4.78, 5) is 0. The Morgan fingerprint density at radius 2 is 1.25 bits per heavy atom. The molecule has 20 heavy (non-hydrogen) atoms. The van der Waals surface area contributed by atoms with E-state index in [1.165, 1.54) is 82.9 Å². The van der Waals surface area contributed by atoms with Gasteiger partial charge in [-0.2, -0.15) is 0 Å². The molecule has 0 aromatic carbocycles. The van der Waals surface area contributed by atoms with E-state index < -0.39 is 0 Å². The summed E-state index contributed by atoms with van der Waals surface area (Å²) in [5.74, 6) is 18.1. The molecule has 0 nitrogen and oxygen atoms in total. The summed E-state index contributed by atoms with van der Waals surface area (Å²) in [5, 5.41) is 0. The van der Waals surface area contributed by atoms with Crippen molar-refractivity contribution in [2.45, 2.75) is 32.1 Å². The Balaban J connectivity index is 1.11. The monoisotopic (exact) mass is 264 g/mol. The van der Waals surface area contributed by atoms with Gasteiger partial charge in [0.05, 0.1) is 0 Å². The predicted molar refractivity (Wildman–Crippen MR) is 74.4 cm³/mol. The van der Waals surface area contributed by atoms with Crippen molar-refractivity contribution < 1.29 is 0 Å². The smallest absolute Gasteiger partial charge is 0.0204 e. The molecule has 104 valence electrons. The second kappa shape index (κ2) is 2.19. The first kappa shape index (κ1) is 9.21. The predicted octanol–water partition coefficient (Wildman–Crippen LogP) is 3.67. The van der Waals surface area contributed by atoms with Crippen LogP contribution in [0.3, 0.4) is 0 Å². The van der Waals surface area contributed by atoms with Crippen LogP contribution in [-0.4, -0.2) is 0 Å². The average Bonchev–Trinajstić information content (AvgIpc) is 2.36. The molecule has 0 aliphatic heterocycles. The van der Waals surface area contributed by atoms with Crippen LogP contribution in [0.4, 0.5) is 0 Å². The third kappa shape index (κ3) is 0.510. The summed E-state index contributed by atoms with van der Waals surface area (Å²) >= 11 is 0. The molecule has 9 saturated carbocycles. The molecule has 15 unspecified atom stereocenters. The molecule has 0 bridgehead atoms. The normalized spacial score (nSPS) is 91.2. The van der Waals surface area contributed by atoms with E-state index in [0.717, 1.165) is 5.41 Å². The van der Waals surface area contributed by atoms with Gasteiger partial charge in [-0.1, -0.05) is 0 Å². The summed E-state index contributed by atoms with van der Waals surface area (Å²) < 4.78 is 0. The van der Waals surface area contributed by atoms with E-state index in [1.807, 2.05) is 0 Å². The molecule has 0 amide bonds. The van der Waals surface area contributed by atoms with Gasteiger partial charge in [0, 0.05) is 0 Å². The highest BCUT2D eigenvalue weighted by molar-refractivity contribution is 5.39. The van der Waals surface area contributed by atoms with Crippen molar-refractivity contribution >= 4 is 0 Å². The van der Waals surface area contributed by atoms with E-state index in [9.17, 15) is 0 Å². The molecule has 9 rings (SSSR count). The Hall–Kier alpha value is 0. The summed E-state index contributed by atoms with van der Waals surface area (Å²) in [6.45, 7) is 0. The van der Waals surface area contributed by atoms with E-state index in [-0.39, 0.29) is 0 Å². The van der Waals surface area contributed by atoms with Crippen LogP contribution in [0.1, 0.15) is 32.1 Å². The minimum absolute atomic E-state index is 1.02. The third-order valence-corrected chi connectivity index (χ3v) is 12.1. The molecule has 0 radical (unpaired) electrons. The Bertz CT molecular complexity index is 603. The van der Waals surface area contributed by atoms with E-state index >= 15 is 0 Å². The van der Waals surface area contributed by atoms with E-state index in [1.54, 1.807) is 32.1 Å². The number of hydrogen-bond donors (Lipinski definition) is 0. The highest BCUT2D eigenvalue weighted by Gasteiger charge is 2.92. The zero-order valence-electron chi connectivity index (χ0n) is 12.1. The van der Waals surface area contributed by atoms with Gasteiger partial charge in [0.1, 0.15) is 0 Å². The molecular formula is C20H24. The van der Waals surface area contributed by atoms with Gasteiger partial charge in [0.15, 0.2) is 0 Å². The SMILES string of the molecule is C1CC2C1C1C2C2C1C1C2C2C1C1C3CC4CCC43C21. The first-order valence-corrected chi connectivity index (χ1v) is 9.93. The van der Waals surface area contributed by atoms with Crippen LogP contribution >= 0.6 is 0 Å². The van der Waals surface area contributed by atoms with Crippen LogP contribution in [0.15, 0.2) is 0 Å². The van der Waals surface area contributed by atoms with Gasteiger partial charge in [-0.25, -0.2) is 0 Å². The highest BCUT2D eigenvalue weighted by Crippen LogP contribution is 2.97. The molecule has 0 heteroatoms. The summed E-state index contributed by atoms with van der Waals surface area (Å²) in [6, 6.07) is 0. The first-order chi connectivity index (χ1) is 9.93. The lowest BCUT2D eigenvalue weighted by Crippen LogP contribution is -2.93. The molecule has 1 spiro atoms. The Kier molecular flexibility index (Phi) is 1.01. The minimum atomic E-state index is 1.02. The van der Waals surface area contributed by atoms with Crippen molar-refractivity contribution in [3.63, 3.8) is 0 Å². The molecule has 9 aliphatic rings. The molecule has 0 aromatic heterocycles. The number of fused-ring (bicyclic) bond motifs is 17. The maximum Gasteiger partial charge on any atom is -0.0204 e.